The first kappa shape index (κ1) is 15.2. The minimum atomic E-state index is 0.368. The van der Waals surface area contributed by atoms with Crippen molar-refractivity contribution in [3.8, 4) is 0 Å². The molecule has 2 rings (SSSR count). The molecule has 0 aliphatic rings. The molecule has 0 fully saturated rings. The Balaban J connectivity index is 2.18. The summed E-state index contributed by atoms with van der Waals surface area (Å²) in [7, 11) is 0. The average molecular weight is 403 g/mol. The quantitative estimate of drug-likeness (QED) is 0.667. The molecule has 1 nitrogen and oxygen atoms in total. The molecule has 0 bridgehead atoms. The molecule has 0 radical (unpaired) electrons. The van der Waals surface area contributed by atoms with Crippen molar-refractivity contribution in [2.75, 3.05) is 6.54 Å². The van der Waals surface area contributed by atoms with E-state index < -0.39 is 0 Å². The molecule has 0 amide bonds. The van der Waals surface area contributed by atoms with Crippen LogP contribution in [0.25, 0.3) is 0 Å². The Labute approximate surface area is 135 Å². The van der Waals surface area contributed by atoms with Crippen LogP contribution in [0.5, 0.6) is 0 Å². The van der Waals surface area contributed by atoms with E-state index in [0.717, 1.165) is 23.9 Å². The second-order valence-electron chi connectivity index (χ2n) is 4.46. The van der Waals surface area contributed by atoms with E-state index in [1.807, 2.05) is 11.3 Å². The first-order valence-corrected chi connectivity index (χ1v) is 8.88. The number of nitrogens with one attached hydrogen (secondary N) is 1. The van der Waals surface area contributed by atoms with Crippen LogP contribution >= 0.6 is 43.2 Å². The van der Waals surface area contributed by atoms with Crippen LogP contribution in [-0.4, -0.2) is 6.54 Å². The topological polar surface area (TPSA) is 12.0 Å². The second-order valence-corrected chi connectivity index (χ2v) is 7.23. The lowest BCUT2D eigenvalue weighted by Crippen LogP contribution is -2.23. The van der Waals surface area contributed by atoms with Crippen molar-refractivity contribution in [1.29, 1.82) is 0 Å². The number of hydrogen-bond acceptors (Lipinski definition) is 2. The van der Waals surface area contributed by atoms with Crippen molar-refractivity contribution in [2.24, 2.45) is 0 Å². The Hall–Kier alpha value is -0.160. The third-order valence-electron chi connectivity index (χ3n) is 2.97. The van der Waals surface area contributed by atoms with Crippen molar-refractivity contribution in [1.82, 2.24) is 5.32 Å². The van der Waals surface area contributed by atoms with Gasteiger partial charge in [-0.15, -0.1) is 11.3 Å². The lowest BCUT2D eigenvalue weighted by molar-refractivity contribution is 0.531. The molecule has 19 heavy (non-hydrogen) atoms. The first-order chi connectivity index (χ1) is 9.20. The minimum absolute atomic E-state index is 0.368. The molecule has 102 valence electrons. The van der Waals surface area contributed by atoms with E-state index in [2.05, 4.69) is 79.8 Å². The molecule has 1 heterocycles. The highest BCUT2D eigenvalue weighted by Crippen LogP contribution is 2.29. The molecule has 1 unspecified atom stereocenters. The molecule has 0 aliphatic heterocycles. The number of halogens is 2. The lowest BCUT2D eigenvalue weighted by Gasteiger charge is -2.19. The van der Waals surface area contributed by atoms with E-state index in [0.29, 0.717) is 6.04 Å². The molecular weight excluding hydrogens is 386 g/mol. The summed E-state index contributed by atoms with van der Waals surface area (Å²) in [5.74, 6) is 0. The van der Waals surface area contributed by atoms with E-state index in [-0.39, 0.29) is 0 Å². The Bertz CT molecular complexity index is 524. The van der Waals surface area contributed by atoms with Crippen LogP contribution in [0.3, 0.4) is 0 Å². The molecule has 1 atom stereocenters. The fourth-order valence-electron chi connectivity index (χ4n) is 2.01. The lowest BCUT2D eigenvalue weighted by atomic mass is 10.0. The van der Waals surface area contributed by atoms with Gasteiger partial charge in [0.15, 0.2) is 0 Å². The van der Waals surface area contributed by atoms with Crippen LogP contribution in [0.4, 0.5) is 0 Å². The van der Waals surface area contributed by atoms with Gasteiger partial charge in [0, 0.05) is 26.3 Å². The Morgan fingerprint density at radius 3 is 2.74 bits per heavy atom. The normalized spacial score (nSPS) is 12.6. The summed E-state index contributed by atoms with van der Waals surface area (Å²) in [6.07, 6.45) is 2.17. The summed E-state index contributed by atoms with van der Waals surface area (Å²) in [6.45, 7) is 3.24. The van der Waals surface area contributed by atoms with Gasteiger partial charge in [0.1, 0.15) is 0 Å². The molecular formula is C15H17Br2NS. The van der Waals surface area contributed by atoms with Crippen LogP contribution in [-0.2, 0) is 6.42 Å². The van der Waals surface area contributed by atoms with Gasteiger partial charge in [0.2, 0.25) is 0 Å². The van der Waals surface area contributed by atoms with Crippen molar-refractivity contribution in [2.45, 2.75) is 25.8 Å². The summed E-state index contributed by atoms with van der Waals surface area (Å²) < 4.78 is 2.36. The highest BCUT2D eigenvalue weighted by Gasteiger charge is 2.14. The molecule has 0 saturated carbocycles. The highest BCUT2D eigenvalue weighted by atomic mass is 79.9. The predicted octanol–water partition coefficient (Wildman–Crippen LogP) is 5.56. The smallest absolute Gasteiger partial charge is 0.0369 e. The summed E-state index contributed by atoms with van der Waals surface area (Å²) >= 11 is 8.99. The summed E-state index contributed by atoms with van der Waals surface area (Å²) in [5.41, 5.74) is 1.34. The maximum Gasteiger partial charge on any atom is 0.0369 e. The molecule has 1 aromatic heterocycles. The number of benzene rings is 1. The third kappa shape index (κ3) is 4.42. The van der Waals surface area contributed by atoms with Crippen molar-refractivity contribution < 1.29 is 0 Å². The molecule has 4 heteroatoms. The minimum Gasteiger partial charge on any atom is -0.310 e. The third-order valence-corrected chi connectivity index (χ3v) is 5.41. The van der Waals surface area contributed by atoms with E-state index in [1.165, 1.54) is 14.9 Å². The average Bonchev–Trinajstić information content (AvgIpc) is 2.80. The van der Waals surface area contributed by atoms with E-state index in [4.69, 9.17) is 0 Å². The van der Waals surface area contributed by atoms with Crippen LogP contribution in [0, 0.1) is 0 Å². The Kier molecular flexibility index (Phi) is 6.07. The van der Waals surface area contributed by atoms with Crippen molar-refractivity contribution >= 4 is 43.2 Å². The zero-order valence-electron chi connectivity index (χ0n) is 10.8. The number of rotatable bonds is 6. The van der Waals surface area contributed by atoms with Gasteiger partial charge in [0.05, 0.1) is 0 Å². The van der Waals surface area contributed by atoms with Crippen molar-refractivity contribution in [3.63, 3.8) is 0 Å². The zero-order valence-corrected chi connectivity index (χ0v) is 14.8. The van der Waals surface area contributed by atoms with Gasteiger partial charge < -0.3 is 5.32 Å². The molecule has 0 saturated heterocycles. The van der Waals surface area contributed by atoms with Gasteiger partial charge >= 0.3 is 0 Å². The zero-order chi connectivity index (χ0) is 13.7. The second kappa shape index (κ2) is 7.58. The highest BCUT2D eigenvalue weighted by molar-refractivity contribution is 9.10. The molecule has 1 N–H and O–H groups in total. The predicted molar refractivity (Wildman–Crippen MR) is 90.9 cm³/mol. The molecule has 1 aromatic carbocycles. The van der Waals surface area contributed by atoms with Crippen LogP contribution in [0.2, 0.25) is 0 Å². The largest absolute Gasteiger partial charge is 0.310 e. The maximum absolute atomic E-state index is 3.64. The number of thiophene rings is 1. The van der Waals surface area contributed by atoms with E-state index >= 15 is 0 Å². The number of hydrogen-bond donors (Lipinski definition) is 1. The van der Waals surface area contributed by atoms with Crippen LogP contribution in [0.15, 0.2) is 44.7 Å². The first-order valence-electron chi connectivity index (χ1n) is 6.41. The van der Waals surface area contributed by atoms with Gasteiger partial charge in [-0.25, -0.2) is 0 Å². The van der Waals surface area contributed by atoms with E-state index in [9.17, 15) is 0 Å². The van der Waals surface area contributed by atoms with Gasteiger partial charge in [-0.3, -0.25) is 0 Å². The molecule has 0 aliphatic carbocycles. The molecule has 2 aromatic rings. The van der Waals surface area contributed by atoms with Crippen molar-refractivity contribution in [3.05, 3.63) is 55.1 Å². The molecule has 0 spiro atoms. The van der Waals surface area contributed by atoms with Crippen LogP contribution < -0.4 is 5.32 Å². The summed E-state index contributed by atoms with van der Waals surface area (Å²) in [6, 6.07) is 11.1. The summed E-state index contributed by atoms with van der Waals surface area (Å²) in [5, 5.41) is 5.78. The Morgan fingerprint density at radius 1 is 1.26 bits per heavy atom. The van der Waals surface area contributed by atoms with E-state index in [1.54, 1.807) is 0 Å². The van der Waals surface area contributed by atoms with Gasteiger partial charge in [-0.1, -0.05) is 35.0 Å². The summed E-state index contributed by atoms with van der Waals surface area (Å²) in [4.78, 5) is 1.40. The van der Waals surface area contributed by atoms with Crippen LogP contribution in [0.1, 0.15) is 29.8 Å². The maximum atomic E-state index is 3.64. The van der Waals surface area contributed by atoms with Gasteiger partial charge in [-0.2, -0.15) is 0 Å². The van der Waals surface area contributed by atoms with Gasteiger partial charge in [-0.05, 0) is 58.0 Å². The Morgan fingerprint density at radius 2 is 2.11 bits per heavy atom. The van der Waals surface area contributed by atoms with Gasteiger partial charge in [0.25, 0.3) is 0 Å². The monoisotopic (exact) mass is 401 g/mol. The fourth-order valence-corrected chi connectivity index (χ4v) is 3.98. The SMILES string of the molecule is CCCNC(Cc1sccc1Br)c1cccc(Br)c1. The fraction of sp³-hybridized carbons (Fsp3) is 0.333. The standard InChI is InChI=1S/C15H17Br2NS/c1-2-7-18-14(10-15-13(17)6-8-19-15)11-4-3-5-12(16)9-11/h3-6,8-9,14,18H,2,7,10H2,1H3.